The Morgan fingerprint density at radius 1 is 1.33 bits per heavy atom. The van der Waals surface area contributed by atoms with Gasteiger partial charge in [0.25, 0.3) is 0 Å². The second kappa shape index (κ2) is 3.61. The third kappa shape index (κ3) is 1.52. The lowest BCUT2D eigenvalue weighted by molar-refractivity contribution is 0.111. The van der Waals surface area contributed by atoms with Crippen LogP contribution in [-0.4, -0.2) is 30.5 Å². The van der Waals surface area contributed by atoms with Crippen LogP contribution in [-0.2, 0) is 0 Å². The number of carbonyl (C=O) groups excluding carboxylic acids is 1. The molecule has 0 unspecified atom stereocenters. The lowest BCUT2D eigenvalue weighted by Gasteiger charge is -2.03. The van der Waals surface area contributed by atoms with Crippen molar-refractivity contribution in [2.24, 2.45) is 0 Å². The molecule has 0 aliphatic rings. The summed E-state index contributed by atoms with van der Waals surface area (Å²) in [4.78, 5) is 17.6. The van der Waals surface area contributed by atoms with Gasteiger partial charge in [0.05, 0.1) is 25.3 Å². The van der Waals surface area contributed by atoms with Crippen LogP contribution in [0.4, 0.5) is 0 Å². The zero-order valence-corrected chi connectivity index (χ0v) is 8.40. The molecule has 0 amide bonds. The van der Waals surface area contributed by atoms with Crippen molar-refractivity contribution in [1.29, 1.82) is 0 Å². The van der Waals surface area contributed by atoms with Crippen LogP contribution in [0.2, 0.25) is 0 Å². The van der Waals surface area contributed by atoms with Gasteiger partial charge in [-0.3, -0.25) is 4.79 Å². The Hall–Kier alpha value is -2.04. The molecule has 0 spiro atoms. The molecular weight excluding hydrogens is 196 g/mol. The van der Waals surface area contributed by atoms with Crippen LogP contribution in [0.3, 0.4) is 0 Å². The summed E-state index contributed by atoms with van der Waals surface area (Å²) in [6.07, 6.45) is 0.730. The fourth-order valence-corrected chi connectivity index (χ4v) is 1.41. The predicted octanol–water partition coefficient (Wildman–Crippen LogP) is 1.39. The van der Waals surface area contributed by atoms with E-state index in [0.717, 1.165) is 11.7 Å². The number of hydrogen-bond donors (Lipinski definition) is 1. The van der Waals surface area contributed by atoms with Crippen molar-refractivity contribution in [3.05, 3.63) is 17.8 Å². The first-order chi connectivity index (χ1) is 7.28. The number of nitrogens with zero attached hydrogens (tertiary/aromatic N) is 1. The first-order valence-corrected chi connectivity index (χ1v) is 4.35. The van der Waals surface area contributed by atoms with Crippen molar-refractivity contribution in [2.75, 3.05) is 14.2 Å². The molecule has 0 radical (unpaired) electrons. The number of carbonyl (C=O) groups is 1. The summed E-state index contributed by atoms with van der Waals surface area (Å²) >= 11 is 0. The first-order valence-electron chi connectivity index (χ1n) is 4.35. The fourth-order valence-electron chi connectivity index (χ4n) is 1.41. The van der Waals surface area contributed by atoms with E-state index in [9.17, 15) is 4.79 Å². The van der Waals surface area contributed by atoms with Gasteiger partial charge in [-0.25, -0.2) is 0 Å². The molecule has 2 aromatic rings. The van der Waals surface area contributed by atoms with E-state index in [2.05, 4.69) is 9.97 Å². The molecule has 5 heteroatoms. The highest BCUT2D eigenvalue weighted by atomic mass is 16.5. The van der Waals surface area contributed by atoms with Gasteiger partial charge in [0, 0.05) is 6.07 Å². The van der Waals surface area contributed by atoms with Gasteiger partial charge in [0.15, 0.2) is 6.29 Å². The molecule has 0 aliphatic heterocycles. The minimum Gasteiger partial charge on any atom is -0.496 e. The summed E-state index contributed by atoms with van der Waals surface area (Å²) in [5.74, 6) is 1.07. The van der Waals surface area contributed by atoms with E-state index in [-0.39, 0.29) is 0 Å². The number of aldehydes is 1. The molecule has 5 nitrogen and oxygen atoms in total. The van der Waals surface area contributed by atoms with Gasteiger partial charge in [0.1, 0.15) is 11.4 Å². The molecule has 0 aromatic carbocycles. The Kier molecular flexibility index (Phi) is 2.29. The van der Waals surface area contributed by atoms with Crippen molar-refractivity contribution in [2.45, 2.75) is 0 Å². The van der Waals surface area contributed by atoms with Gasteiger partial charge in [0.2, 0.25) is 5.88 Å². The Balaban J connectivity index is 2.71. The highest BCUT2D eigenvalue weighted by Gasteiger charge is 2.09. The van der Waals surface area contributed by atoms with E-state index in [0.29, 0.717) is 23.0 Å². The highest BCUT2D eigenvalue weighted by Crippen LogP contribution is 2.28. The third-order valence-electron chi connectivity index (χ3n) is 2.12. The van der Waals surface area contributed by atoms with Crippen LogP contribution in [0.1, 0.15) is 10.5 Å². The predicted molar refractivity (Wildman–Crippen MR) is 54.6 cm³/mol. The van der Waals surface area contributed by atoms with E-state index in [1.807, 2.05) is 0 Å². The minimum absolute atomic E-state index is 0.443. The largest absolute Gasteiger partial charge is 0.496 e. The molecule has 2 heterocycles. The van der Waals surface area contributed by atoms with Gasteiger partial charge >= 0.3 is 0 Å². The quantitative estimate of drug-likeness (QED) is 0.771. The van der Waals surface area contributed by atoms with E-state index in [1.54, 1.807) is 19.2 Å². The normalized spacial score (nSPS) is 10.3. The molecule has 1 N–H and O–H groups in total. The van der Waals surface area contributed by atoms with Crippen molar-refractivity contribution in [1.82, 2.24) is 9.97 Å². The van der Waals surface area contributed by atoms with Gasteiger partial charge < -0.3 is 14.5 Å². The second-order valence-electron chi connectivity index (χ2n) is 2.97. The number of aromatic amines is 1. The van der Waals surface area contributed by atoms with Crippen LogP contribution >= 0.6 is 0 Å². The summed E-state index contributed by atoms with van der Waals surface area (Å²) in [5, 5.41) is 0.764. The molecule has 0 fully saturated rings. The molecule has 0 atom stereocenters. The Morgan fingerprint density at radius 2 is 2.13 bits per heavy atom. The van der Waals surface area contributed by atoms with Gasteiger partial charge in [-0.2, -0.15) is 4.98 Å². The van der Waals surface area contributed by atoms with Gasteiger partial charge in [-0.15, -0.1) is 0 Å². The Morgan fingerprint density at radius 3 is 2.73 bits per heavy atom. The molecule has 2 aromatic heterocycles. The minimum atomic E-state index is 0.443. The zero-order chi connectivity index (χ0) is 10.8. The van der Waals surface area contributed by atoms with E-state index in [4.69, 9.17) is 9.47 Å². The molecule has 0 saturated heterocycles. The van der Waals surface area contributed by atoms with E-state index in [1.165, 1.54) is 7.11 Å². The van der Waals surface area contributed by atoms with E-state index >= 15 is 0 Å². The monoisotopic (exact) mass is 206 g/mol. The van der Waals surface area contributed by atoms with Gasteiger partial charge in [-0.1, -0.05) is 0 Å². The number of rotatable bonds is 3. The topological polar surface area (TPSA) is 64.2 Å². The summed E-state index contributed by atoms with van der Waals surface area (Å²) in [7, 11) is 3.08. The zero-order valence-electron chi connectivity index (χ0n) is 8.40. The van der Waals surface area contributed by atoms with Crippen molar-refractivity contribution < 1.29 is 14.3 Å². The first kappa shape index (κ1) is 9.51. The SMILES string of the molecule is COc1cc(OC)c2cc(C=O)[nH]c2n1. The lowest BCUT2D eigenvalue weighted by Crippen LogP contribution is -1.91. The number of ether oxygens (including phenoxy) is 2. The number of pyridine rings is 1. The smallest absolute Gasteiger partial charge is 0.218 e. The van der Waals surface area contributed by atoms with Crippen LogP contribution in [0.15, 0.2) is 12.1 Å². The maximum atomic E-state index is 10.6. The average molecular weight is 206 g/mol. The summed E-state index contributed by atoms with van der Waals surface area (Å²) in [6, 6.07) is 3.36. The standard InChI is InChI=1S/C10H10N2O3/c1-14-8-4-9(15-2)12-10-7(8)3-6(5-13)11-10/h3-5H,1-2H3,(H,11,12). The molecule has 2 rings (SSSR count). The van der Waals surface area contributed by atoms with Crippen LogP contribution in [0, 0.1) is 0 Å². The number of H-pyrrole nitrogens is 1. The van der Waals surface area contributed by atoms with Crippen molar-refractivity contribution in [3.63, 3.8) is 0 Å². The molecule has 0 saturated carbocycles. The fraction of sp³-hybridized carbons (Fsp3) is 0.200. The maximum Gasteiger partial charge on any atom is 0.218 e. The van der Waals surface area contributed by atoms with Crippen LogP contribution < -0.4 is 9.47 Å². The summed E-state index contributed by atoms with van der Waals surface area (Å²) in [6.45, 7) is 0. The maximum absolute atomic E-state index is 10.6. The number of methoxy groups -OCH3 is 2. The Bertz CT molecular complexity index is 505. The molecule has 0 aliphatic carbocycles. The van der Waals surface area contributed by atoms with Gasteiger partial charge in [-0.05, 0) is 6.07 Å². The molecule has 15 heavy (non-hydrogen) atoms. The third-order valence-corrected chi connectivity index (χ3v) is 2.12. The molecule has 0 bridgehead atoms. The number of fused-ring (bicyclic) bond motifs is 1. The van der Waals surface area contributed by atoms with E-state index < -0.39 is 0 Å². The number of nitrogens with one attached hydrogen (secondary N) is 1. The lowest BCUT2D eigenvalue weighted by atomic mass is 10.3. The van der Waals surface area contributed by atoms with Crippen molar-refractivity contribution in [3.8, 4) is 11.6 Å². The summed E-state index contributed by atoms with van der Waals surface area (Å²) < 4.78 is 10.2. The highest BCUT2D eigenvalue weighted by molar-refractivity contribution is 5.90. The second-order valence-corrected chi connectivity index (χ2v) is 2.97. The van der Waals surface area contributed by atoms with Crippen LogP contribution in [0.25, 0.3) is 11.0 Å². The number of hydrogen-bond acceptors (Lipinski definition) is 4. The average Bonchev–Trinajstić information content (AvgIpc) is 2.70. The molecular formula is C10H10N2O3. The number of aromatic nitrogens is 2. The summed E-state index contributed by atoms with van der Waals surface area (Å²) in [5.41, 5.74) is 1.04. The Labute approximate surface area is 86.0 Å². The molecule has 78 valence electrons. The van der Waals surface area contributed by atoms with Crippen molar-refractivity contribution >= 4 is 17.3 Å². The van der Waals surface area contributed by atoms with Crippen LogP contribution in [0.5, 0.6) is 11.6 Å².